The molecule has 2 nitrogen and oxygen atoms in total. The molecule has 84 valence electrons. The van der Waals surface area contributed by atoms with Crippen LogP contribution in [0.1, 0.15) is 5.76 Å². The molecular weight excluding hydrogens is 341 g/mol. The zero-order valence-electron chi connectivity index (χ0n) is 8.37. The molecule has 0 amide bonds. The van der Waals surface area contributed by atoms with E-state index in [0.717, 1.165) is 27.9 Å². The van der Waals surface area contributed by atoms with Gasteiger partial charge in [0.1, 0.15) is 5.76 Å². The molecule has 0 aromatic carbocycles. The third-order valence-corrected chi connectivity index (χ3v) is 5.61. The Kier molecular flexibility index (Phi) is 5.19. The van der Waals surface area contributed by atoms with Crippen molar-refractivity contribution in [2.45, 2.75) is 11.8 Å². The highest BCUT2D eigenvalue weighted by Crippen LogP contribution is 2.23. The normalized spacial score (nSPS) is 21.8. The van der Waals surface area contributed by atoms with E-state index in [2.05, 4.69) is 51.4 Å². The number of thioether (sulfide) groups is 2. The van der Waals surface area contributed by atoms with Crippen LogP contribution in [0.2, 0.25) is 0 Å². The molecular formula is C10H14INOS2. The number of hydrogen-bond donors (Lipinski definition) is 1. The van der Waals surface area contributed by atoms with Crippen molar-refractivity contribution in [1.29, 1.82) is 0 Å². The first-order chi connectivity index (χ1) is 7.34. The van der Waals surface area contributed by atoms with Crippen molar-refractivity contribution >= 4 is 46.1 Å². The summed E-state index contributed by atoms with van der Waals surface area (Å²) in [6, 6.07) is 4.04. The van der Waals surface area contributed by atoms with E-state index in [0.29, 0.717) is 0 Å². The number of hydrogen-bond acceptors (Lipinski definition) is 4. The van der Waals surface area contributed by atoms with Gasteiger partial charge in [0.25, 0.3) is 0 Å². The molecule has 0 spiro atoms. The fraction of sp³-hybridized carbons (Fsp3) is 0.600. The van der Waals surface area contributed by atoms with Crippen molar-refractivity contribution in [3.63, 3.8) is 0 Å². The zero-order chi connectivity index (χ0) is 10.5. The topological polar surface area (TPSA) is 25.2 Å². The van der Waals surface area contributed by atoms with Gasteiger partial charge in [0.05, 0.1) is 6.54 Å². The van der Waals surface area contributed by atoms with Gasteiger partial charge < -0.3 is 9.73 Å². The lowest BCUT2D eigenvalue weighted by Gasteiger charge is -2.20. The van der Waals surface area contributed by atoms with Crippen molar-refractivity contribution in [1.82, 2.24) is 5.32 Å². The van der Waals surface area contributed by atoms with Crippen molar-refractivity contribution in [2.75, 3.05) is 23.8 Å². The molecule has 1 N–H and O–H groups in total. The molecule has 2 rings (SSSR count). The van der Waals surface area contributed by atoms with Crippen LogP contribution in [-0.2, 0) is 6.54 Å². The fourth-order valence-corrected chi connectivity index (χ4v) is 4.57. The summed E-state index contributed by atoms with van der Waals surface area (Å²) in [5, 5.41) is 4.23. The molecule has 2 heterocycles. The first-order valence-electron chi connectivity index (χ1n) is 4.99. The lowest BCUT2D eigenvalue weighted by Crippen LogP contribution is -2.28. The maximum absolute atomic E-state index is 5.49. The molecule has 1 aliphatic rings. The Labute approximate surface area is 112 Å². The van der Waals surface area contributed by atoms with Gasteiger partial charge in [0.2, 0.25) is 0 Å². The van der Waals surface area contributed by atoms with Crippen molar-refractivity contribution in [3.8, 4) is 0 Å². The Hall–Kier alpha value is 0.670. The average molecular weight is 355 g/mol. The molecule has 0 bridgehead atoms. The summed E-state index contributed by atoms with van der Waals surface area (Å²) in [5.74, 6) is 4.94. The standard InChI is InChI=1S/C10H14INOS2/c11-10-2-1-8(13-10)5-12-6-9-7-14-3-4-15-9/h1-2,9,12H,3-7H2. The van der Waals surface area contributed by atoms with Gasteiger partial charge >= 0.3 is 0 Å². The second-order valence-electron chi connectivity index (χ2n) is 3.40. The highest BCUT2D eigenvalue weighted by Gasteiger charge is 2.13. The summed E-state index contributed by atoms with van der Waals surface area (Å²) in [6.07, 6.45) is 0. The molecule has 1 saturated heterocycles. The number of furan rings is 1. The Morgan fingerprint density at radius 2 is 2.40 bits per heavy atom. The summed E-state index contributed by atoms with van der Waals surface area (Å²) in [6.45, 7) is 1.94. The summed E-state index contributed by atoms with van der Waals surface area (Å²) >= 11 is 6.35. The monoisotopic (exact) mass is 355 g/mol. The molecule has 0 saturated carbocycles. The maximum Gasteiger partial charge on any atom is 0.164 e. The van der Waals surface area contributed by atoms with Gasteiger partial charge in [0.15, 0.2) is 3.77 Å². The Balaban J connectivity index is 1.65. The van der Waals surface area contributed by atoms with Crippen LogP contribution < -0.4 is 5.32 Å². The largest absolute Gasteiger partial charge is 0.454 e. The molecule has 15 heavy (non-hydrogen) atoms. The van der Waals surface area contributed by atoms with Crippen LogP contribution in [0.3, 0.4) is 0 Å². The fourth-order valence-electron chi connectivity index (χ4n) is 1.46. The van der Waals surface area contributed by atoms with Crippen LogP contribution in [-0.4, -0.2) is 29.1 Å². The molecule has 1 fully saturated rings. The molecule has 5 heteroatoms. The number of nitrogens with one attached hydrogen (secondary N) is 1. The van der Waals surface area contributed by atoms with Crippen molar-refractivity contribution < 1.29 is 4.42 Å². The van der Waals surface area contributed by atoms with Crippen LogP contribution in [0, 0.1) is 3.77 Å². The van der Waals surface area contributed by atoms with Gasteiger partial charge in [-0.1, -0.05) is 0 Å². The van der Waals surface area contributed by atoms with E-state index < -0.39 is 0 Å². The third kappa shape index (κ3) is 4.20. The predicted molar refractivity (Wildman–Crippen MR) is 76.7 cm³/mol. The minimum atomic E-state index is 0.776. The van der Waals surface area contributed by atoms with Crippen molar-refractivity contribution in [3.05, 3.63) is 21.7 Å². The quantitative estimate of drug-likeness (QED) is 0.840. The molecule has 1 aromatic rings. The van der Waals surface area contributed by atoms with E-state index in [1.165, 1.54) is 17.3 Å². The van der Waals surface area contributed by atoms with E-state index in [1.54, 1.807) is 0 Å². The lowest BCUT2D eigenvalue weighted by molar-refractivity contribution is 0.464. The molecule has 1 aliphatic heterocycles. The Morgan fingerprint density at radius 1 is 1.47 bits per heavy atom. The zero-order valence-corrected chi connectivity index (χ0v) is 12.2. The minimum Gasteiger partial charge on any atom is -0.454 e. The van der Waals surface area contributed by atoms with Gasteiger partial charge in [0, 0.05) is 29.1 Å². The average Bonchev–Trinajstić information content (AvgIpc) is 2.66. The van der Waals surface area contributed by atoms with E-state index >= 15 is 0 Å². The number of halogens is 1. The Bertz CT molecular complexity index is 299. The molecule has 1 unspecified atom stereocenters. The third-order valence-electron chi connectivity index (χ3n) is 2.19. The van der Waals surface area contributed by atoms with Gasteiger partial charge in [-0.05, 0) is 34.7 Å². The van der Waals surface area contributed by atoms with Gasteiger partial charge in [-0.15, -0.1) is 0 Å². The van der Waals surface area contributed by atoms with Crippen LogP contribution in [0.4, 0.5) is 0 Å². The van der Waals surface area contributed by atoms with Crippen LogP contribution in [0.25, 0.3) is 0 Å². The highest BCUT2D eigenvalue weighted by molar-refractivity contribution is 14.1. The molecule has 1 atom stereocenters. The van der Waals surface area contributed by atoms with E-state index in [9.17, 15) is 0 Å². The smallest absolute Gasteiger partial charge is 0.164 e. The summed E-state index contributed by atoms with van der Waals surface area (Å²) in [7, 11) is 0. The molecule has 1 aromatic heterocycles. The second-order valence-corrected chi connectivity index (χ2v) is 7.03. The van der Waals surface area contributed by atoms with Gasteiger partial charge in [-0.2, -0.15) is 23.5 Å². The number of rotatable bonds is 4. The first kappa shape index (κ1) is 12.1. The van der Waals surface area contributed by atoms with E-state index in [-0.39, 0.29) is 0 Å². The molecule has 0 aliphatic carbocycles. The van der Waals surface area contributed by atoms with E-state index in [4.69, 9.17) is 4.42 Å². The lowest BCUT2D eigenvalue weighted by atomic mass is 10.4. The van der Waals surface area contributed by atoms with Gasteiger partial charge in [-0.3, -0.25) is 0 Å². The van der Waals surface area contributed by atoms with Crippen LogP contribution in [0.5, 0.6) is 0 Å². The summed E-state index contributed by atoms with van der Waals surface area (Å²) in [5.41, 5.74) is 0. The minimum absolute atomic E-state index is 0.776. The molecule has 0 radical (unpaired) electrons. The second kappa shape index (κ2) is 6.42. The first-order valence-corrected chi connectivity index (χ1v) is 8.27. The van der Waals surface area contributed by atoms with Crippen LogP contribution >= 0.6 is 46.1 Å². The summed E-state index contributed by atoms with van der Waals surface area (Å²) < 4.78 is 6.45. The van der Waals surface area contributed by atoms with Gasteiger partial charge in [-0.25, -0.2) is 0 Å². The van der Waals surface area contributed by atoms with Crippen LogP contribution in [0.15, 0.2) is 16.5 Å². The highest BCUT2D eigenvalue weighted by atomic mass is 127. The Morgan fingerprint density at radius 3 is 3.07 bits per heavy atom. The summed E-state index contributed by atoms with van der Waals surface area (Å²) in [4.78, 5) is 0. The SMILES string of the molecule is Ic1ccc(CNCC2CSCCS2)o1. The van der Waals surface area contributed by atoms with Crippen molar-refractivity contribution in [2.24, 2.45) is 0 Å². The van der Waals surface area contributed by atoms with E-state index in [1.807, 2.05) is 12.1 Å². The maximum atomic E-state index is 5.49. The predicted octanol–water partition coefficient (Wildman–Crippen LogP) is 2.82.